The zero-order valence-corrected chi connectivity index (χ0v) is 13.3. The zero-order chi connectivity index (χ0) is 15.5. The van der Waals surface area contributed by atoms with E-state index >= 15 is 0 Å². The number of thioether (sulfide) groups is 1. The van der Waals surface area contributed by atoms with Gasteiger partial charge in [-0.25, -0.2) is 0 Å². The van der Waals surface area contributed by atoms with Crippen LogP contribution >= 0.6 is 23.4 Å². The van der Waals surface area contributed by atoms with Crippen LogP contribution in [0.4, 0.5) is 11.4 Å². The third kappa shape index (κ3) is 3.21. The Hall–Kier alpha value is -2.11. The van der Waals surface area contributed by atoms with Crippen molar-refractivity contribution in [2.24, 2.45) is 0 Å². The first-order valence-electron chi connectivity index (χ1n) is 6.55. The maximum absolute atomic E-state index is 12.1. The number of hydrogen-bond acceptors (Lipinski definition) is 4. The average molecular weight is 333 g/mol. The topological polar surface area (TPSA) is 50.4 Å². The normalized spacial score (nSPS) is 15.2. The molecule has 0 saturated heterocycles. The monoisotopic (exact) mass is 332 g/mol. The number of methoxy groups -OCH3 is 1. The van der Waals surface area contributed by atoms with E-state index in [1.807, 2.05) is 30.3 Å². The lowest BCUT2D eigenvalue weighted by Crippen LogP contribution is -2.18. The van der Waals surface area contributed by atoms with Crippen LogP contribution in [-0.4, -0.2) is 13.0 Å². The SMILES string of the molecule is COc1ccc(N/C=C2\Sc3cc(Cl)ccc3NC2=O)cc1. The number of halogens is 1. The molecule has 22 heavy (non-hydrogen) atoms. The molecule has 0 saturated carbocycles. The highest BCUT2D eigenvalue weighted by Gasteiger charge is 2.21. The first-order chi connectivity index (χ1) is 10.7. The van der Waals surface area contributed by atoms with Crippen molar-refractivity contribution in [3.05, 3.63) is 58.6 Å². The fourth-order valence-electron chi connectivity index (χ4n) is 1.96. The maximum Gasteiger partial charge on any atom is 0.263 e. The van der Waals surface area contributed by atoms with Crippen molar-refractivity contribution >= 4 is 40.6 Å². The average Bonchev–Trinajstić information content (AvgIpc) is 2.54. The molecule has 2 N–H and O–H groups in total. The van der Waals surface area contributed by atoms with Gasteiger partial charge >= 0.3 is 0 Å². The minimum absolute atomic E-state index is 0.138. The molecule has 0 aromatic heterocycles. The molecule has 0 aliphatic carbocycles. The molecule has 0 fully saturated rings. The lowest BCUT2D eigenvalue weighted by atomic mass is 10.3. The molecular formula is C16H13ClN2O2S. The van der Waals surface area contributed by atoms with Gasteiger partial charge in [-0.2, -0.15) is 0 Å². The second-order valence-corrected chi connectivity index (χ2v) is 6.10. The van der Waals surface area contributed by atoms with E-state index in [1.165, 1.54) is 11.8 Å². The van der Waals surface area contributed by atoms with Crippen LogP contribution in [0, 0.1) is 0 Å². The Labute approximate surface area is 137 Å². The Morgan fingerprint density at radius 2 is 2.00 bits per heavy atom. The first kappa shape index (κ1) is 14.8. The number of nitrogens with one attached hydrogen (secondary N) is 2. The van der Waals surface area contributed by atoms with Crippen LogP contribution in [0.25, 0.3) is 0 Å². The standard InChI is InChI=1S/C16H13ClN2O2S/c1-21-12-5-3-11(4-6-12)18-9-15-16(20)19-13-7-2-10(17)8-14(13)22-15/h2-9,18H,1H3,(H,19,20)/b15-9-. The molecule has 1 aliphatic rings. The number of carbonyl (C=O) groups is 1. The Bertz CT molecular complexity index is 744. The zero-order valence-electron chi connectivity index (χ0n) is 11.7. The minimum atomic E-state index is -0.138. The van der Waals surface area contributed by atoms with Crippen molar-refractivity contribution in [3.63, 3.8) is 0 Å². The Morgan fingerprint density at radius 1 is 1.23 bits per heavy atom. The van der Waals surface area contributed by atoms with Gasteiger partial charge in [0.05, 0.1) is 17.7 Å². The summed E-state index contributed by atoms with van der Waals surface area (Å²) in [6.45, 7) is 0. The fraction of sp³-hybridized carbons (Fsp3) is 0.0625. The van der Waals surface area contributed by atoms with Crippen molar-refractivity contribution in [2.45, 2.75) is 4.90 Å². The maximum atomic E-state index is 12.1. The van der Waals surface area contributed by atoms with E-state index in [4.69, 9.17) is 16.3 Å². The molecule has 0 spiro atoms. The molecular weight excluding hydrogens is 320 g/mol. The predicted octanol–water partition coefficient (Wildman–Crippen LogP) is 4.35. The molecule has 0 bridgehead atoms. The molecule has 6 heteroatoms. The summed E-state index contributed by atoms with van der Waals surface area (Å²) in [5, 5.41) is 6.60. The van der Waals surface area contributed by atoms with Gasteiger partial charge in [0.1, 0.15) is 5.75 Å². The second-order valence-electron chi connectivity index (χ2n) is 4.58. The summed E-state index contributed by atoms with van der Waals surface area (Å²) in [6, 6.07) is 12.9. The number of carbonyl (C=O) groups excluding carboxylic acids is 1. The van der Waals surface area contributed by atoms with Crippen LogP contribution in [0.15, 0.2) is 58.5 Å². The van der Waals surface area contributed by atoms with Gasteiger partial charge < -0.3 is 15.4 Å². The highest BCUT2D eigenvalue weighted by atomic mass is 35.5. The van der Waals surface area contributed by atoms with E-state index < -0.39 is 0 Å². The molecule has 1 aliphatic heterocycles. The molecule has 112 valence electrons. The molecule has 0 unspecified atom stereocenters. The summed E-state index contributed by atoms with van der Waals surface area (Å²) < 4.78 is 5.11. The summed E-state index contributed by atoms with van der Waals surface area (Å²) in [5.74, 6) is 0.646. The van der Waals surface area contributed by atoms with Crippen LogP contribution in [-0.2, 0) is 4.79 Å². The van der Waals surface area contributed by atoms with Crippen LogP contribution in [0.5, 0.6) is 5.75 Å². The van der Waals surface area contributed by atoms with Crippen LogP contribution in [0.3, 0.4) is 0 Å². The van der Waals surface area contributed by atoms with Crippen molar-refractivity contribution in [1.29, 1.82) is 0 Å². The van der Waals surface area contributed by atoms with Gasteiger partial charge in [-0.05, 0) is 42.5 Å². The summed E-state index contributed by atoms with van der Waals surface area (Å²) >= 11 is 7.37. The van der Waals surface area contributed by atoms with Crippen molar-refractivity contribution < 1.29 is 9.53 Å². The predicted molar refractivity (Wildman–Crippen MR) is 90.6 cm³/mol. The van der Waals surface area contributed by atoms with Crippen LogP contribution < -0.4 is 15.4 Å². The lowest BCUT2D eigenvalue weighted by molar-refractivity contribution is -0.112. The highest BCUT2D eigenvalue weighted by Crippen LogP contribution is 2.39. The van der Waals surface area contributed by atoms with Gasteiger partial charge in [0, 0.05) is 21.8 Å². The minimum Gasteiger partial charge on any atom is -0.497 e. The second kappa shape index (κ2) is 6.34. The summed E-state index contributed by atoms with van der Waals surface area (Å²) in [4.78, 5) is 13.6. The smallest absolute Gasteiger partial charge is 0.263 e. The van der Waals surface area contributed by atoms with E-state index in [-0.39, 0.29) is 5.91 Å². The summed E-state index contributed by atoms with van der Waals surface area (Å²) in [7, 11) is 1.62. The molecule has 0 atom stereocenters. The van der Waals surface area contributed by atoms with E-state index in [0.717, 1.165) is 22.0 Å². The van der Waals surface area contributed by atoms with Crippen LogP contribution in [0.1, 0.15) is 0 Å². The fourth-order valence-corrected chi connectivity index (χ4v) is 3.11. The number of benzene rings is 2. The Kier molecular flexibility index (Phi) is 4.27. The van der Waals surface area contributed by atoms with E-state index in [9.17, 15) is 4.79 Å². The summed E-state index contributed by atoms with van der Waals surface area (Å²) in [6.07, 6.45) is 1.69. The van der Waals surface area contributed by atoms with Gasteiger partial charge in [-0.1, -0.05) is 23.4 Å². The Morgan fingerprint density at radius 3 is 2.73 bits per heavy atom. The number of fused-ring (bicyclic) bond motifs is 1. The largest absolute Gasteiger partial charge is 0.497 e. The molecule has 2 aromatic rings. The van der Waals surface area contributed by atoms with E-state index in [0.29, 0.717) is 9.93 Å². The van der Waals surface area contributed by atoms with Gasteiger partial charge in [0.25, 0.3) is 5.91 Å². The highest BCUT2D eigenvalue weighted by molar-refractivity contribution is 8.04. The van der Waals surface area contributed by atoms with Crippen LogP contribution in [0.2, 0.25) is 5.02 Å². The third-order valence-corrected chi connectivity index (χ3v) is 4.41. The van der Waals surface area contributed by atoms with Crippen molar-refractivity contribution in [2.75, 3.05) is 17.7 Å². The van der Waals surface area contributed by atoms with Crippen molar-refractivity contribution in [1.82, 2.24) is 0 Å². The quantitative estimate of drug-likeness (QED) is 0.821. The third-order valence-electron chi connectivity index (χ3n) is 3.10. The molecule has 1 heterocycles. The van der Waals surface area contributed by atoms with Crippen molar-refractivity contribution in [3.8, 4) is 5.75 Å². The first-order valence-corrected chi connectivity index (χ1v) is 7.74. The van der Waals surface area contributed by atoms with Gasteiger partial charge in [-0.3, -0.25) is 4.79 Å². The molecule has 2 aromatic carbocycles. The number of hydrogen-bond donors (Lipinski definition) is 2. The van der Waals surface area contributed by atoms with Gasteiger partial charge in [-0.15, -0.1) is 0 Å². The Balaban J connectivity index is 1.77. The summed E-state index contributed by atoms with van der Waals surface area (Å²) in [5.41, 5.74) is 1.65. The number of rotatable bonds is 3. The number of amides is 1. The molecule has 4 nitrogen and oxygen atoms in total. The van der Waals surface area contributed by atoms with Gasteiger partial charge in [0.2, 0.25) is 0 Å². The molecule has 3 rings (SSSR count). The number of ether oxygens (including phenoxy) is 1. The molecule has 1 amide bonds. The van der Waals surface area contributed by atoms with E-state index in [2.05, 4.69) is 10.6 Å². The number of anilines is 2. The van der Waals surface area contributed by atoms with E-state index in [1.54, 1.807) is 25.4 Å². The van der Waals surface area contributed by atoms with Gasteiger partial charge in [0.15, 0.2) is 0 Å². The molecule has 0 radical (unpaired) electrons. The lowest BCUT2D eigenvalue weighted by Gasteiger charge is -2.18.